The zero-order valence-corrected chi connectivity index (χ0v) is 12.4. The monoisotopic (exact) mass is 297 g/mol. The molecule has 5 nitrogen and oxygen atoms in total. The predicted octanol–water partition coefficient (Wildman–Crippen LogP) is 1.33. The summed E-state index contributed by atoms with van der Waals surface area (Å²) in [6.45, 7) is 2.21. The molecule has 0 aromatic heterocycles. The van der Waals surface area contributed by atoms with E-state index in [4.69, 9.17) is 9.47 Å². The number of hydrogen-bond donors (Lipinski definition) is 0. The van der Waals surface area contributed by atoms with Gasteiger partial charge < -0.3 is 14.4 Å². The maximum absolute atomic E-state index is 11.6. The predicted molar refractivity (Wildman–Crippen MR) is 77.5 cm³/mol. The third kappa shape index (κ3) is 2.70. The lowest BCUT2D eigenvalue weighted by Crippen LogP contribution is -2.36. The molecule has 1 unspecified atom stereocenters. The molecule has 0 spiro atoms. The Balaban J connectivity index is 1.77. The number of methoxy groups -OCH3 is 1. The van der Waals surface area contributed by atoms with Gasteiger partial charge in [-0.1, -0.05) is 0 Å². The molecule has 0 saturated carbocycles. The number of nitrogens with zero attached hydrogens (tertiary/aromatic N) is 1. The second kappa shape index (κ2) is 5.16. The molecule has 1 aromatic carbocycles. The van der Waals surface area contributed by atoms with E-state index < -0.39 is 9.84 Å². The van der Waals surface area contributed by atoms with E-state index in [-0.39, 0.29) is 5.92 Å². The van der Waals surface area contributed by atoms with Crippen LogP contribution in [0.5, 0.6) is 11.5 Å². The minimum atomic E-state index is -2.81. The highest BCUT2D eigenvalue weighted by atomic mass is 32.2. The van der Waals surface area contributed by atoms with E-state index >= 15 is 0 Å². The molecule has 20 heavy (non-hydrogen) atoms. The van der Waals surface area contributed by atoms with Crippen LogP contribution in [0.2, 0.25) is 0 Å². The quantitative estimate of drug-likeness (QED) is 0.842. The molecule has 2 aliphatic heterocycles. The maximum atomic E-state index is 11.6. The Morgan fingerprint density at radius 1 is 1.45 bits per heavy atom. The molecule has 6 heteroatoms. The van der Waals surface area contributed by atoms with E-state index in [1.165, 1.54) is 0 Å². The van der Waals surface area contributed by atoms with Crippen LogP contribution in [0.3, 0.4) is 0 Å². The van der Waals surface area contributed by atoms with Gasteiger partial charge in [0.1, 0.15) is 18.1 Å². The van der Waals surface area contributed by atoms with Gasteiger partial charge in [-0.15, -0.1) is 0 Å². The minimum absolute atomic E-state index is 0.230. The van der Waals surface area contributed by atoms with E-state index in [1.54, 1.807) is 7.11 Å². The Hall–Kier alpha value is -1.43. The third-order valence-electron chi connectivity index (χ3n) is 3.93. The van der Waals surface area contributed by atoms with Gasteiger partial charge in [0.25, 0.3) is 0 Å². The van der Waals surface area contributed by atoms with Crippen LogP contribution in [0.15, 0.2) is 18.2 Å². The van der Waals surface area contributed by atoms with Crippen LogP contribution in [-0.4, -0.2) is 46.7 Å². The van der Waals surface area contributed by atoms with Crippen molar-refractivity contribution in [3.8, 4) is 11.5 Å². The summed E-state index contributed by atoms with van der Waals surface area (Å²) in [7, 11) is -1.18. The lowest BCUT2D eigenvalue weighted by atomic mass is 10.1. The summed E-state index contributed by atoms with van der Waals surface area (Å²) in [6.07, 6.45) is 0.769. The number of hydrogen-bond acceptors (Lipinski definition) is 5. The van der Waals surface area contributed by atoms with Crippen LogP contribution in [-0.2, 0) is 9.84 Å². The van der Waals surface area contributed by atoms with E-state index in [9.17, 15) is 8.42 Å². The molecule has 0 N–H and O–H groups in total. The maximum Gasteiger partial charge on any atom is 0.150 e. The average Bonchev–Trinajstić information content (AvgIpc) is 2.77. The van der Waals surface area contributed by atoms with Crippen molar-refractivity contribution in [1.29, 1.82) is 0 Å². The Kier molecular flexibility index (Phi) is 3.50. The van der Waals surface area contributed by atoms with Gasteiger partial charge in [0, 0.05) is 12.6 Å². The van der Waals surface area contributed by atoms with Crippen molar-refractivity contribution in [2.75, 3.05) is 43.2 Å². The molecule has 0 amide bonds. The van der Waals surface area contributed by atoms with Gasteiger partial charge in [-0.25, -0.2) is 8.42 Å². The van der Waals surface area contributed by atoms with E-state index in [0.29, 0.717) is 18.1 Å². The summed E-state index contributed by atoms with van der Waals surface area (Å²) in [4.78, 5) is 2.23. The fourth-order valence-corrected chi connectivity index (χ4v) is 4.75. The van der Waals surface area contributed by atoms with Crippen LogP contribution in [0.1, 0.15) is 6.42 Å². The topological polar surface area (TPSA) is 55.8 Å². The van der Waals surface area contributed by atoms with Crippen molar-refractivity contribution in [1.82, 2.24) is 0 Å². The van der Waals surface area contributed by atoms with Crippen LogP contribution in [0.4, 0.5) is 5.69 Å². The zero-order valence-electron chi connectivity index (χ0n) is 11.5. The lowest BCUT2D eigenvalue weighted by molar-refractivity contribution is 0.301. The Morgan fingerprint density at radius 3 is 3.00 bits per heavy atom. The molecule has 1 aromatic rings. The molecule has 1 fully saturated rings. The largest absolute Gasteiger partial charge is 0.497 e. The highest BCUT2D eigenvalue weighted by Gasteiger charge is 2.30. The van der Waals surface area contributed by atoms with Gasteiger partial charge in [-0.05, 0) is 24.5 Å². The van der Waals surface area contributed by atoms with Gasteiger partial charge >= 0.3 is 0 Å². The van der Waals surface area contributed by atoms with Crippen molar-refractivity contribution in [3.63, 3.8) is 0 Å². The molecular formula is C14H19NO4S. The molecule has 110 valence electrons. The highest BCUT2D eigenvalue weighted by molar-refractivity contribution is 7.91. The summed E-state index contributed by atoms with van der Waals surface area (Å²) in [5.74, 6) is 2.46. The number of sulfone groups is 1. The van der Waals surface area contributed by atoms with E-state index in [0.717, 1.165) is 36.7 Å². The van der Waals surface area contributed by atoms with Gasteiger partial charge in [0.15, 0.2) is 9.84 Å². The van der Waals surface area contributed by atoms with Gasteiger partial charge in [-0.3, -0.25) is 0 Å². The Bertz CT molecular complexity index is 599. The van der Waals surface area contributed by atoms with E-state index in [1.807, 2.05) is 18.2 Å². The summed E-state index contributed by atoms with van der Waals surface area (Å²) < 4.78 is 34.0. The third-order valence-corrected chi connectivity index (χ3v) is 5.77. The van der Waals surface area contributed by atoms with Gasteiger partial charge in [-0.2, -0.15) is 0 Å². The van der Waals surface area contributed by atoms with Crippen LogP contribution in [0, 0.1) is 5.92 Å². The lowest BCUT2D eigenvalue weighted by Gasteiger charge is -2.33. The van der Waals surface area contributed by atoms with E-state index in [2.05, 4.69) is 4.90 Å². The second-order valence-electron chi connectivity index (χ2n) is 5.40. The summed E-state index contributed by atoms with van der Waals surface area (Å²) in [6, 6.07) is 5.77. The zero-order chi connectivity index (χ0) is 14.2. The van der Waals surface area contributed by atoms with Crippen LogP contribution < -0.4 is 14.4 Å². The second-order valence-corrected chi connectivity index (χ2v) is 7.63. The molecule has 0 bridgehead atoms. The SMILES string of the molecule is COc1ccc2c(c1)OCCN2CC1CCS(=O)(=O)C1. The molecule has 2 aliphatic rings. The van der Waals surface area contributed by atoms with Crippen molar-refractivity contribution in [2.24, 2.45) is 5.92 Å². The van der Waals surface area contributed by atoms with Crippen LogP contribution in [0.25, 0.3) is 0 Å². The molecule has 1 atom stereocenters. The first-order valence-electron chi connectivity index (χ1n) is 6.83. The molecule has 0 aliphatic carbocycles. The highest BCUT2D eigenvalue weighted by Crippen LogP contribution is 2.36. The minimum Gasteiger partial charge on any atom is -0.497 e. The van der Waals surface area contributed by atoms with Crippen LogP contribution >= 0.6 is 0 Å². The number of anilines is 1. The van der Waals surface area contributed by atoms with Crippen molar-refractivity contribution >= 4 is 15.5 Å². The standard InChI is InChI=1S/C14H19NO4S/c1-18-12-2-3-13-14(8-12)19-6-5-15(13)9-11-4-7-20(16,17)10-11/h2-3,8,11H,4-7,9-10H2,1H3. The molecule has 3 rings (SSSR count). The van der Waals surface area contributed by atoms with Gasteiger partial charge in [0.2, 0.25) is 0 Å². The number of rotatable bonds is 3. The summed E-state index contributed by atoms with van der Waals surface area (Å²) in [5, 5.41) is 0. The number of ether oxygens (including phenoxy) is 2. The Morgan fingerprint density at radius 2 is 2.30 bits per heavy atom. The van der Waals surface area contributed by atoms with Crippen molar-refractivity contribution < 1.29 is 17.9 Å². The fraction of sp³-hybridized carbons (Fsp3) is 0.571. The normalized spacial score (nSPS) is 24.1. The van der Waals surface area contributed by atoms with Crippen molar-refractivity contribution in [2.45, 2.75) is 6.42 Å². The average molecular weight is 297 g/mol. The number of benzene rings is 1. The molecular weight excluding hydrogens is 278 g/mol. The Labute approximate surface area is 119 Å². The smallest absolute Gasteiger partial charge is 0.150 e. The van der Waals surface area contributed by atoms with Gasteiger partial charge in [0.05, 0.1) is 30.8 Å². The molecule has 0 radical (unpaired) electrons. The molecule has 1 saturated heterocycles. The summed E-state index contributed by atoms with van der Waals surface area (Å²) in [5.41, 5.74) is 1.03. The molecule has 2 heterocycles. The first kappa shape index (κ1) is 13.5. The first-order chi connectivity index (χ1) is 9.57. The first-order valence-corrected chi connectivity index (χ1v) is 8.66. The van der Waals surface area contributed by atoms with Crippen molar-refractivity contribution in [3.05, 3.63) is 18.2 Å². The number of fused-ring (bicyclic) bond motifs is 1. The summed E-state index contributed by atoms with van der Waals surface area (Å²) >= 11 is 0. The fourth-order valence-electron chi connectivity index (χ4n) is 2.90.